The van der Waals surface area contributed by atoms with Gasteiger partial charge in [-0.2, -0.15) is 28.8 Å². The fraction of sp³-hybridized carbons (Fsp3) is 0.500. The molecule has 1 N–H and O–H groups in total. The quantitative estimate of drug-likeness (QED) is 0.0591. The van der Waals surface area contributed by atoms with Crippen molar-refractivity contribution >= 4 is 38.8 Å². The molecule has 11 heteroatoms. The molecule has 0 saturated heterocycles. The lowest BCUT2D eigenvalue weighted by molar-refractivity contribution is -0.117. The molecule has 1 aliphatic heterocycles. The number of hydrogen-bond donors (Lipinski definition) is 1. The molecule has 1 heterocycles. The van der Waals surface area contributed by atoms with Gasteiger partial charge in [0.1, 0.15) is 22.1 Å². The Bertz CT molecular complexity index is 1690. The van der Waals surface area contributed by atoms with Gasteiger partial charge in [-0.05, 0) is 55.3 Å². The number of carbonyl (C=O) groups is 1. The van der Waals surface area contributed by atoms with E-state index in [9.17, 15) is 17.8 Å². The summed E-state index contributed by atoms with van der Waals surface area (Å²) in [6.07, 6.45) is 19.4. The molecule has 0 saturated carbocycles. The number of carbonyl (C=O) groups excluding carboxylic acids is 1. The third-order valence-corrected chi connectivity index (χ3v) is 9.96. The molecule has 0 fully saturated rings. The summed E-state index contributed by atoms with van der Waals surface area (Å²) in [5.41, 5.74) is 2.22. The van der Waals surface area contributed by atoms with E-state index in [-0.39, 0.29) is 11.4 Å². The van der Waals surface area contributed by atoms with Gasteiger partial charge in [0.2, 0.25) is 0 Å². The Morgan fingerprint density at radius 3 is 1.94 bits per heavy atom. The number of anilines is 2. The molecular formula is C40H55N5O5S. The van der Waals surface area contributed by atoms with Crippen LogP contribution in [0.5, 0.6) is 11.5 Å². The van der Waals surface area contributed by atoms with Gasteiger partial charge in [-0.25, -0.2) is 0 Å². The Kier molecular flexibility index (Phi) is 16.1. The maximum Gasteiger partial charge on any atom is 0.298 e. The molecular weight excluding hydrogens is 663 g/mol. The summed E-state index contributed by atoms with van der Waals surface area (Å²) in [7, 11) is -0.876. The number of ether oxygens (including phenoxy) is 1. The first-order chi connectivity index (χ1) is 24.7. The average molecular weight is 718 g/mol. The second-order valence-electron chi connectivity index (χ2n) is 13.5. The zero-order valence-electron chi connectivity index (χ0n) is 30.5. The number of amides is 1. The van der Waals surface area contributed by atoms with Crippen LogP contribution in [0.2, 0.25) is 0 Å². The van der Waals surface area contributed by atoms with E-state index >= 15 is 0 Å². The minimum Gasteiger partial charge on any atom is -0.456 e. The van der Waals surface area contributed by atoms with Crippen LogP contribution < -0.4 is 14.6 Å². The molecule has 0 radical (unpaired) electrons. The summed E-state index contributed by atoms with van der Waals surface area (Å²) in [6.45, 7) is 2.26. The van der Waals surface area contributed by atoms with E-state index in [2.05, 4.69) is 22.3 Å². The maximum absolute atomic E-state index is 13.9. The van der Waals surface area contributed by atoms with E-state index in [4.69, 9.17) is 4.74 Å². The van der Waals surface area contributed by atoms with Crippen molar-refractivity contribution < 1.29 is 22.5 Å². The first kappa shape index (κ1) is 39.7. The van der Waals surface area contributed by atoms with Gasteiger partial charge in [0.15, 0.2) is 6.04 Å². The lowest BCUT2D eigenvalue weighted by atomic mass is 10.0. The van der Waals surface area contributed by atoms with Crippen LogP contribution in [-0.4, -0.2) is 44.7 Å². The second-order valence-corrected chi connectivity index (χ2v) is 14.9. The number of unbranched alkanes of at least 4 members (excludes halogenated alkanes) is 14. The molecule has 1 amide bonds. The summed E-state index contributed by atoms with van der Waals surface area (Å²) in [5.74, 6) is -0.123. The summed E-state index contributed by atoms with van der Waals surface area (Å²) < 4.78 is 40.7. The van der Waals surface area contributed by atoms with Crippen molar-refractivity contribution in [3.8, 4) is 11.5 Å². The molecule has 0 aromatic heterocycles. The minimum absolute atomic E-state index is 0.0716. The summed E-state index contributed by atoms with van der Waals surface area (Å²) in [5, 5.41) is 14.8. The second kappa shape index (κ2) is 20.7. The normalized spacial score (nSPS) is 14.7. The molecule has 1 atom stereocenters. The highest BCUT2D eigenvalue weighted by Gasteiger charge is 2.37. The van der Waals surface area contributed by atoms with Crippen LogP contribution in [0.25, 0.3) is 0 Å². The van der Waals surface area contributed by atoms with E-state index in [0.717, 1.165) is 30.0 Å². The smallest absolute Gasteiger partial charge is 0.298 e. The Morgan fingerprint density at radius 1 is 0.784 bits per heavy atom. The van der Waals surface area contributed by atoms with Crippen molar-refractivity contribution in [2.24, 2.45) is 15.3 Å². The van der Waals surface area contributed by atoms with Crippen molar-refractivity contribution in [1.82, 2.24) is 0 Å². The molecule has 0 bridgehead atoms. The first-order valence-corrected chi connectivity index (χ1v) is 20.1. The molecule has 0 unspecified atom stereocenters. The molecule has 10 nitrogen and oxygen atoms in total. The van der Waals surface area contributed by atoms with E-state index in [0.29, 0.717) is 23.6 Å². The van der Waals surface area contributed by atoms with Crippen molar-refractivity contribution in [2.45, 2.75) is 121 Å². The van der Waals surface area contributed by atoms with Crippen molar-refractivity contribution in [3.63, 3.8) is 0 Å². The number of nitrogens with zero attached hydrogens (tertiary/aromatic N) is 5. The number of rotatable bonds is 23. The van der Waals surface area contributed by atoms with Gasteiger partial charge in [-0.15, -0.1) is 0 Å². The number of para-hydroxylation sites is 2. The van der Waals surface area contributed by atoms with Gasteiger partial charge in [0.05, 0.1) is 17.1 Å². The lowest BCUT2D eigenvalue weighted by Crippen LogP contribution is -2.30. The Labute approximate surface area is 304 Å². The topological polar surface area (TPSA) is 124 Å². The van der Waals surface area contributed by atoms with E-state index in [1.165, 1.54) is 89.2 Å². The van der Waals surface area contributed by atoms with Crippen LogP contribution in [0, 0.1) is 0 Å². The molecule has 0 spiro atoms. The average Bonchev–Trinajstić information content (AvgIpc) is 3.43. The standard InChI is InChI=1S/C40H55N5O5S/c1-4-5-6-7-8-9-10-11-12-13-14-15-16-17-21-27-35-39(42-41-34-26-22-23-28-36(34)44(2)3)40(46)45(43-35)32-29-30-37(38(31-32)51(47,48)49)50-33-24-19-18-20-25-33/h18-20,22-26,28-31,39H,4-17,21,27H2,1-3H3,(H,47,48,49)/t39-/m1/s1. The Balaban J connectivity index is 1.39. The highest BCUT2D eigenvalue weighted by molar-refractivity contribution is 7.86. The largest absolute Gasteiger partial charge is 0.456 e. The summed E-state index contributed by atoms with van der Waals surface area (Å²) in [4.78, 5) is 15.3. The summed E-state index contributed by atoms with van der Waals surface area (Å²) in [6, 6.07) is 19.4. The van der Waals surface area contributed by atoms with Crippen LogP contribution in [0.3, 0.4) is 0 Å². The molecule has 3 aromatic rings. The van der Waals surface area contributed by atoms with Gasteiger partial charge < -0.3 is 9.64 Å². The van der Waals surface area contributed by atoms with Gasteiger partial charge in [0, 0.05) is 14.1 Å². The Hall–Kier alpha value is -4.09. The Morgan fingerprint density at radius 2 is 1.35 bits per heavy atom. The van der Waals surface area contributed by atoms with E-state index in [1.807, 2.05) is 43.3 Å². The predicted octanol–water partition coefficient (Wildman–Crippen LogP) is 10.9. The van der Waals surface area contributed by atoms with Crippen LogP contribution in [-0.2, 0) is 14.9 Å². The number of azo groups is 1. The van der Waals surface area contributed by atoms with Crippen molar-refractivity contribution in [2.75, 3.05) is 24.0 Å². The highest BCUT2D eigenvalue weighted by atomic mass is 32.2. The third kappa shape index (κ3) is 12.6. The van der Waals surface area contributed by atoms with Gasteiger partial charge in [-0.1, -0.05) is 127 Å². The monoisotopic (exact) mass is 717 g/mol. The zero-order valence-corrected chi connectivity index (χ0v) is 31.4. The molecule has 51 heavy (non-hydrogen) atoms. The summed E-state index contributed by atoms with van der Waals surface area (Å²) >= 11 is 0. The fourth-order valence-electron chi connectivity index (χ4n) is 6.23. The fourth-order valence-corrected chi connectivity index (χ4v) is 6.87. The number of hydrazone groups is 1. The molecule has 3 aromatic carbocycles. The highest BCUT2D eigenvalue weighted by Crippen LogP contribution is 2.35. The molecule has 4 rings (SSSR count). The zero-order chi connectivity index (χ0) is 36.5. The maximum atomic E-state index is 13.9. The van der Waals surface area contributed by atoms with Crippen LogP contribution >= 0.6 is 0 Å². The van der Waals surface area contributed by atoms with Crippen molar-refractivity contribution in [1.29, 1.82) is 0 Å². The first-order valence-electron chi connectivity index (χ1n) is 18.6. The lowest BCUT2D eigenvalue weighted by Gasteiger charge is -2.16. The van der Waals surface area contributed by atoms with E-state index < -0.39 is 27.0 Å². The molecule has 1 aliphatic rings. The minimum atomic E-state index is -4.71. The van der Waals surface area contributed by atoms with Gasteiger partial charge in [0.25, 0.3) is 16.0 Å². The molecule has 276 valence electrons. The predicted molar refractivity (Wildman–Crippen MR) is 206 cm³/mol. The third-order valence-electron chi connectivity index (χ3n) is 9.09. The SMILES string of the molecule is CCCCCCCCCCCCCCCCCC1=NN(c2ccc(Oc3ccccc3)c(S(=O)(=O)O)c2)C(=O)[C@@H]1N=Nc1ccccc1N(C)C. The van der Waals surface area contributed by atoms with Crippen LogP contribution in [0.4, 0.5) is 17.1 Å². The number of benzene rings is 3. The van der Waals surface area contributed by atoms with Gasteiger partial charge in [-0.3, -0.25) is 9.35 Å². The molecule has 0 aliphatic carbocycles. The van der Waals surface area contributed by atoms with Gasteiger partial charge >= 0.3 is 0 Å². The van der Waals surface area contributed by atoms with E-state index in [1.54, 1.807) is 36.4 Å². The van der Waals surface area contributed by atoms with Crippen LogP contribution in [0.15, 0.2) is 93.0 Å². The van der Waals surface area contributed by atoms with Crippen LogP contribution in [0.1, 0.15) is 110 Å². The van der Waals surface area contributed by atoms with Crippen molar-refractivity contribution in [3.05, 3.63) is 72.8 Å². The number of hydrogen-bond acceptors (Lipinski definition) is 8.